The van der Waals surface area contributed by atoms with Gasteiger partial charge in [0, 0.05) is 0 Å². The van der Waals surface area contributed by atoms with Crippen molar-refractivity contribution in [2.75, 3.05) is 0 Å². The van der Waals surface area contributed by atoms with E-state index in [0.29, 0.717) is 11.8 Å². The Labute approximate surface area is 81.3 Å². The Balaban J connectivity index is 4.02. The Kier molecular flexibility index (Phi) is 5.76. The number of hydrogen-bond donors (Lipinski definition) is 1. The van der Waals surface area contributed by atoms with Crippen molar-refractivity contribution in [3.63, 3.8) is 0 Å². The lowest BCUT2D eigenvalue weighted by molar-refractivity contribution is -0.142. The highest BCUT2D eigenvalue weighted by Crippen LogP contribution is 2.21. The molecule has 0 aromatic heterocycles. The summed E-state index contributed by atoms with van der Waals surface area (Å²) in [5, 5.41) is 8.97. The molecule has 2 atom stereocenters. The van der Waals surface area contributed by atoms with E-state index in [1.807, 2.05) is 0 Å². The standard InChI is InChI=1S/C11H22O2/c1-5-9(4)7-10(11(12)13)6-8(2)3/h8-10H,5-7H2,1-4H3,(H,12,13). The Morgan fingerprint density at radius 2 is 1.77 bits per heavy atom. The lowest BCUT2D eigenvalue weighted by Gasteiger charge is -2.17. The fourth-order valence-corrected chi connectivity index (χ4v) is 1.52. The Bertz CT molecular complexity index is 152. The summed E-state index contributed by atoms with van der Waals surface area (Å²) in [6.07, 6.45) is 2.70. The van der Waals surface area contributed by atoms with Crippen LogP contribution in [0.4, 0.5) is 0 Å². The van der Waals surface area contributed by atoms with Crippen molar-refractivity contribution in [1.82, 2.24) is 0 Å². The molecule has 13 heavy (non-hydrogen) atoms. The summed E-state index contributed by atoms with van der Waals surface area (Å²) in [4.78, 5) is 10.9. The molecule has 1 N–H and O–H groups in total. The van der Waals surface area contributed by atoms with Gasteiger partial charge in [0.2, 0.25) is 0 Å². The molecule has 0 rings (SSSR count). The second-order valence-corrected chi connectivity index (χ2v) is 4.41. The molecule has 0 fully saturated rings. The van der Waals surface area contributed by atoms with Gasteiger partial charge in [0.05, 0.1) is 5.92 Å². The van der Waals surface area contributed by atoms with E-state index in [2.05, 4.69) is 27.7 Å². The molecule has 0 spiro atoms. The molecule has 0 heterocycles. The van der Waals surface area contributed by atoms with Gasteiger partial charge in [0.1, 0.15) is 0 Å². The second kappa shape index (κ2) is 6.01. The van der Waals surface area contributed by atoms with Crippen LogP contribution >= 0.6 is 0 Å². The van der Waals surface area contributed by atoms with Gasteiger partial charge in [-0.25, -0.2) is 0 Å². The van der Waals surface area contributed by atoms with Gasteiger partial charge in [-0.1, -0.05) is 34.1 Å². The molecule has 0 radical (unpaired) electrons. The minimum absolute atomic E-state index is 0.144. The third-order valence-corrected chi connectivity index (χ3v) is 2.49. The number of carboxylic acids is 1. The highest BCUT2D eigenvalue weighted by Gasteiger charge is 2.20. The number of aliphatic carboxylic acids is 1. The molecule has 0 bridgehead atoms. The van der Waals surface area contributed by atoms with Gasteiger partial charge < -0.3 is 5.11 Å². The van der Waals surface area contributed by atoms with E-state index in [4.69, 9.17) is 5.11 Å². The summed E-state index contributed by atoms with van der Waals surface area (Å²) in [5.41, 5.74) is 0. The first-order valence-corrected chi connectivity index (χ1v) is 5.20. The maximum atomic E-state index is 10.9. The van der Waals surface area contributed by atoms with Crippen molar-refractivity contribution in [2.24, 2.45) is 17.8 Å². The lowest BCUT2D eigenvalue weighted by Crippen LogP contribution is -2.18. The predicted molar refractivity (Wildman–Crippen MR) is 54.7 cm³/mol. The summed E-state index contributed by atoms with van der Waals surface area (Å²) in [6.45, 7) is 8.38. The van der Waals surface area contributed by atoms with Crippen LogP contribution in [0.2, 0.25) is 0 Å². The minimum atomic E-state index is -0.631. The highest BCUT2D eigenvalue weighted by molar-refractivity contribution is 5.69. The molecule has 0 amide bonds. The van der Waals surface area contributed by atoms with Crippen LogP contribution in [0.3, 0.4) is 0 Å². The number of carbonyl (C=O) groups is 1. The van der Waals surface area contributed by atoms with Gasteiger partial charge in [-0.05, 0) is 24.7 Å². The summed E-state index contributed by atoms with van der Waals surface area (Å²) in [6, 6.07) is 0. The summed E-state index contributed by atoms with van der Waals surface area (Å²) < 4.78 is 0. The van der Waals surface area contributed by atoms with Crippen molar-refractivity contribution in [2.45, 2.75) is 47.0 Å². The van der Waals surface area contributed by atoms with Gasteiger partial charge >= 0.3 is 5.97 Å². The molecule has 0 saturated carbocycles. The summed E-state index contributed by atoms with van der Waals surface area (Å²) >= 11 is 0. The molecule has 2 heteroatoms. The Morgan fingerprint density at radius 3 is 2.08 bits per heavy atom. The monoisotopic (exact) mass is 186 g/mol. The van der Waals surface area contributed by atoms with Crippen LogP contribution in [-0.4, -0.2) is 11.1 Å². The Hall–Kier alpha value is -0.530. The Morgan fingerprint density at radius 1 is 1.23 bits per heavy atom. The average Bonchev–Trinajstić information content (AvgIpc) is 2.02. The van der Waals surface area contributed by atoms with E-state index in [-0.39, 0.29) is 5.92 Å². The van der Waals surface area contributed by atoms with Crippen LogP contribution < -0.4 is 0 Å². The van der Waals surface area contributed by atoms with Crippen LogP contribution in [-0.2, 0) is 4.79 Å². The van der Waals surface area contributed by atoms with E-state index in [9.17, 15) is 4.79 Å². The normalized spacial score (nSPS) is 15.8. The first-order chi connectivity index (χ1) is 5.97. The lowest BCUT2D eigenvalue weighted by atomic mass is 9.88. The van der Waals surface area contributed by atoms with Crippen molar-refractivity contribution < 1.29 is 9.90 Å². The third kappa shape index (κ3) is 5.67. The quantitative estimate of drug-likeness (QED) is 0.691. The topological polar surface area (TPSA) is 37.3 Å². The average molecular weight is 186 g/mol. The molecular formula is C11H22O2. The van der Waals surface area contributed by atoms with Gasteiger partial charge in [0.15, 0.2) is 0 Å². The van der Waals surface area contributed by atoms with Crippen LogP contribution in [0.15, 0.2) is 0 Å². The van der Waals surface area contributed by atoms with E-state index < -0.39 is 5.97 Å². The highest BCUT2D eigenvalue weighted by atomic mass is 16.4. The maximum Gasteiger partial charge on any atom is 0.306 e. The molecular weight excluding hydrogens is 164 g/mol. The largest absolute Gasteiger partial charge is 0.481 e. The zero-order valence-electron chi connectivity index (χ0n) is 9.21. The minimum Gasteiger partial charge on any atom is -0.481 e. The van der Waals surface area contributed by atoms with Crippen LogP contribution in [0, 0.1) is 17.8 Å². The smallest absolute Gasteiger partial charge is 0.306 e. The molecule has 78 valence electrons. The molecule has 0 aromatic carbocycles. The summed E-state index contributed by atoms with van der Waals surface area (Å²) in [5.74, 6) is 0.231. The first kappa shape index (κ1) is 12.5. The molecule has 0 aliphatic rings. The zero-order valence-corrected chi connectivity index (χ0v) is 9.21. The van der Waals surface area contributed by atoms with Gasteiger partial charge in [-0.3, -0.25) is 4.79 Å². The molecule has 0 saturated heterocycles. The SMILES string of the molecule is CCC(C)CC(CC(C)C)C(=O)O. The van der Waals surface area contributed by atoms with Gasteiger partial charge in [-0.15, -0.1) is 0 Å². The van der Waals surface area contributed by atoms with Crippen molar-refractivity contribution in [1.29, 1.82) is 0 Å². The van der Waals surface area contributed by atoms with E-state index in [1.54, 1.807) is 0 Å². The number of hydrogen-bond acceptors (Lipinski definition) is 1. The molecule has 2 nitrogen and oxygen atoms in total. The van der Waals surface area contributed by atoms with E-state index in [0.717, 1.165) is 19.3 Å². The fraction of sp³-hybridized carbons (Fsp3) is 0.909. The molecule has 0 aliphatic carbocycles. The number of rotatable bonds is 6. The van der Waals surface area contributed by atoms with Crippen molar-refractivity contribution >= 4 is 5.97 Å². The van der Waals surface area contributed by atoms with E-state index >= 15 is 0 Å². The third-order valence-electron chi connectivity index (χ3n) is 2.49. The molecule has 2 unspecified atom stereocenters. The van der Waals surface area contributed by atoms with Crippen molar-refractivity contribution in [3.05, 3.63) is 0 Å². The first-order valence-electron chi connectivity index (χ1n) is 5.20. The van der Waals surface area contributed by atoms with Crippen LogP contribution in [0.25, 0.3) is 0 Å². The second-order valence-electron chi connectivity index (χ2n) is 4.41. The predicted octanol–water partition coefficient (Wildman–Crippen LogP) is 3.17. The van der Waals surface area contributed by atoms with Gasteiger partial charge in [-0.2, -0.15) is 0 Å². The van der Waals surface area contributed by atoms with Crippen LogP contribution in [0.5, 0.6) is 0 Å². The fourth-order valence-electron chi connectivity index (χ4n) is 1.52. The van der Waals surface area contributed by atoms with Crippen LogP contribution in [0.1, 0.15) is 47.0 Å². The van der Waals surface area contributed by atoms with Gasteiger partial charge in [0.25, 0.3) is 0 Å². The number of carboxylic acid groups (broad SMARTS) is 1. The zero-order chi connectivity index (χ0) is 10.4. The summed E-state index contributed by atoms with van der Waals surface area (Å²) in [7, 11) is 0. The molecule has 0 aromatic rings. The molecule has 0 aliphatic heterocycles. The van der Waals surface area contributed by atoms with Crippen molar-refractivity contribution in [3.8, 4) is 0 Å². The maximum absolute atomic E-state index is 10.9. The van der Waals surface area contributed by atoms with E-state index in [1.165, 1.54) is 0 Å².